The van der Waals surface area contributed by atoms with Crippen LogP contribution in [0.15, 0.2) is 48.9 Å². The van der Waals surface area contributed by atoms with Crippen molar-refractivity contribution in [1.82, 2.24) is 19.4 Å². The fourth-order valence-electron chi connectivity index (χ4n) is 4.35. The third-order valence-electron chi connectivity index (χ3n) is 6.28. The van der Waals surface area contributed by atoms with Crippen molar-refractivity contribution in [2.24, 2.45) is 5.92 Å². The number of ether oxygens (including phenoxy) is 2. The summed E-state index contributed by atoms with van der Waals surface area (Å²) in [4.78, 5) is 23.8. The van der Waals surface area contributed by atoms with Crippen molar-refractivity contribution < 1.29 is 14.3 Å². The number of rotatable bonds is 7. The molecule has 3 heterocycles. The summed E-state index contributed by atoms with van der Waals surface area (Å²) >= 11 is 0. The number of aryl methyl sites for hydroxylation is 1. The lowest BCUT2D eigenvalue weighted by Gasteiger charge is -2.32. The summed E-state index contributed by atoms with van der Waals surface area (Å²) in [5.41, 5.74) is 2.78. The van der Waals surface area contributed by atoms with Gasteiger partial charge in [-0.1, -0.05) is 0 Å². The number of benzene rings is 1. The molecule has 1 aliphatic heterocycles. The zero-order chi connectivity index (χ0) is 22.5. The highest BCUT2D eigenvalue weighted by atomic mass is 16.5. The van der Waals surface area contributed by atoms with E-state index in [2.05, 4.69) is 21.5 Å². The molecule has 32 heavy (non-hydrogen) atoms. The summed E-state index contributed by atoms with van der Waals surface area (Å²) in [5.74, 6) is 2.80. The number of aromatic nitrogens is 3. The van der Waals surface area contributed by atoms with E-state index >= 15 is 0 Å². The number of piperidine rings is 1. The van der Waals surface area contributed by atoms with E-state index in [-0.39, 0.29) is 5.91 Å². The minimum absolute atomic E-state index is 0.0206. The summed E-state index contributed by atoms with van der Waals surface area (Å²) in [6, 6.07) is 9.33. The van der Waals surface area contributed by atoms with E-state index in [1.165, 1.54) is 0 Å². The quantitative estimate of drug-likeness (QED) is 0.557. The molecule has 0 bridgehead atoms. The lowest BCUT2D eigenvalue weighted by Crippen LogP contribution is -2.38. The average Bonchev–Trinajstić information content (AvgIpc) is 3.22. The van der Waals surface area contributed by atoms with Gasteiger partial charge in [0.25, 0.3) is 5.91 Å². The minimum atomic E-state index is 0.0206. The van der Waals surface area contributed by atoms with Crippen LogP contribution in [0.4, 0.5) is 0 Å². The van der Waals surface area contributed by atoms with Crippen LogP contribution in [-0.4, -0.2) is 52.7 Å². The summed E-state index contributed by atoms with van der Waals surface area (Å²) < 4.78 is 12.9. The Morgan fingerprint density at radius 3 is 2.62 bits per heavy atom. The van der Waals surface area contributed by atoms with Crippen LogP contribution in [0.5, 0.6) is 11.5 Å². The van der Waals surface area contributed by atoms with Crippen LogP contribution in [0.25, 0.3) is 11.4 Å². The van der Waals surface area contributed by atoms with Crippen LogP contribution >= 0.6 is 0 Å². The normalized spacial score (nSPS) is 14.4. The van der Waals surface area contributed by atoms with Gasteiger partial charge in [-0.25, -0.2) is 4.98 Å². The van der Waals surface area contributed by atoms with Gasteiger partial charge < -0.3 is 18.9 Å². The molecule has 4 rings (SSSR count). The van der Waals surface area contributed by atoms with E-state index in [0.717, 1.165) is 56.0 Å². The van der Waals surface area contributed by atoms with Crippen LogP contribution in [0.2, 0.25) is 0 Å². The molecule has 3 aromatic rings. The van der Waals surface area contributed by atoms with Crippen LogP contribution in [0, 0.1) is 12.8 Å². The van der Waals surface area contributed by atoms with E-state index in [1.807, 2.05) is 29.4 Å². The van der Waals surface area contributed by atoms with Gasteiger partial charge >= 0.3 is 0 Å². The average molecular weight is 435 g/mol. The topological polar surface area (TPSA) is 69.5 Å². The number of methoxy groups -OCH3 is 2. The highest BCUT2D eigenvalue weighted by molar-refractivity contribution is 5.97. The van der Waals surface area contributed by atoms with Crippen molar-refractivity contribution in [2.75, 3.05) is 27.3 Å². The lowest BCUT2D eigenvalue weighted by molar-refractivity contribution is 0.0681. The van der Waals surface area contributed by atoms with E-state index in [9.17, 15) is 4.79 Å². The predicted molar refractivity (Wildman–Crippen MR) is 123 cm³/mol. The second kappa shape index (κ2) is 9.85. The fraction of sp³-hybridized carbons (Fsp3) is 0.400. The van der Waals surface area contributed by atoms with Crippen molar-refractivity contribution in [1.29, 1.82) is 0 Å². The van der Waals surface area contributed by atoms with Gasteiger partial charge in [0.1, 0.15) is 17.3 Å². The molecule has 1 fully saturated rings. The minimum Gasteiger partial charge on any atom is -0.497 e. The number of hydrogen-bond acceptors (Lipinski definition) is 5. The summed E-state index contributed by atoms with van der Waals surface area (Å²) in [7, 11) is 3.18. The van der Waals surface area contributed by atoms with Crippen LogP contribution in [-0.2, 0) is 6.54 Å². The maximum atomic E-state index is 13.1. The van der Waals surface area contributed by atoms with E-state index in [0.29, 0.717) is 23.0 Å². The first-order valence-electron chi connectivity index (χ1n) is 11.0. The zero-order valence-electron chi connectivity index (χ0n) is 19.0. The van der Waals surface area contributed by atoms with Gasteiger partial charge in [0.15, 0.2) is 0 Å². The Kier molecular flexibility index (Phi) is 6.73. The number of hydrogen-bond donors (Lipinski definition) is 0. The molecule has 168 valence electrons. The highest BCUT2D eigenvalue weighted by Gasteiger charge is 2.26. The van der Waals surface area contributed by atoms with Crippen LogP contribution in [0.1, 0.15) is 35.3 Å². The van der Waals surface area contributed by atoms with E-state index in [4.69, 9.17) is 9.47 Å². The molecule has 7 nitrogen and oxygen atoms in total. The molecule has 1 amide bonds. The molecule has 2 aromatic heterocycles. The number of pyridine rings is 1. The van der Waals surface area contributed by atoms with Crippen molar-refractivity contribution >= 4 is 5.91 Å². The van der Waals surface area contributed by atoms with Crippen molar-refractivity contribution in [3.8, 4) is 22.9 Å². The third-order valence-corrected chi connectivity index (χ3v) is 6.28. The smallest absolute Gasteiger partial charge is 0.257 e. The largest absolute Gasteiger partial charge is 0.497 e. The Balaban J connectivity index is 1.35. The maximum Gasteiger partial charge on any atom is 0.257 e. The van der Waals surface area contributed by atoms with E-state index in [1.54, 1.807) is 38.6 Å². The van der Waals surface area contributed by atoms with E-state index < -0.39 is 0 Å². The van der Waals surface area contributed by atoms with Crippen molar-refractivity contribution in [2.45, 2.75) is 32.7 Å². The summed E-state index contributed by atoms with van der Waals surface area (Å²) in [5, 5.41) is 0. The number of carbonyl (C=O) groups excluding carboxylic acids is 1. The van der Waals surface area contributed by atoms with Gasteiger partial charge in [-0.05, 0) is 56.4 Å². The molecule has 7 heteroatoms. The maximum absolute atomic E-state index is 13.1. The standard InChI is InChI=1S/C25H30N4O3/c1-18-16-27-24(20-5-4-11-26-17-20)29(18)14-10-19-8-12-28(13-9-19)25(30)22-7-6-21(31-2)15-23(22)32-3/h4-7,11,15-17,19H,8-10,12-14H2,1-3H3. The van der Waals surface area contributed by atoms with Gasteiger partial charge in [0.2, 0.25) is 0 Å². The van der Waals surface area contributed by atoms with Crippen molar-refractivity contribution in [3.05, 3.63) is 60.2 Å². The summed E-state index contributed by atoms with van der Waals surface area (Å²) in [6.45, 7) is 4.53. The Labute approximate surface area is 189 Å². The molecular formula is C25H30N4O3. The summed E-state index contributed by atoms with van der Waals surface area (Å²) in [6.07, 6.45) is 8.63. The van der Waals surface area contributed by atoms with Gasteiger partial charge in [-0.15, -0.1) is 0 Å². The molecule has 0 N–H and O–H groups in total. The fourth-order valence-corrected chi connectivity index (χ4v) is 4.35. The molecule has 0 atom stereocenters. The molecule has 0 spiro atoms. The number of imidazole rings is 1. The van der Waals surface area contributed by atoms with Gasteiger partial charge in [-0.3, -0.25) is 9.78 Å². The molecule has 0 aliphatic carbocycles. The molecular weight excluding hydrogens is 404 g/mol. The Bertz CT molecular complexity index is 1060. The first kappa shape index (κ1) is 21.9. The molecule has 1 aromatic carbocycles. The number of nitrogens with zero attached hydrogens (tertiary/aromatic N) is 4. The molecule has 1 aliphatic rings. The Morgan fingerprint density at radius 1 is 1.12 bits per heavy atom. The SMILES string of the molecule is COc1ccc(C(=O)N2CCC(CCn3c(C)cnc3-c3cccnc3)CC2)c(OC)c1. The molecule has 0 saturated carbocycles. The monoisotopic (exact) mass is 434 g/mol. The first-order chi connectivity index (χ1) is 15.6. The Hall–Kier alpha value is -3.35. The number of carbonyl (C=O) groups is 1. The van der Waals surface area contributed by atoms with Gasteiger partial charge in [0.05, 0.1) is 19.8 Å². The first-order valence-corrected chi connectivity index (χ1v) is 11.0. The number of likely N-dealkylation sites (tertiary alicyclic amines) is 1. The molecule has 1 saturated heterocycles. The zero-order valence-corrected chi connectivity index (χ0v) is 19.0. The van der Waals surface area contributed by atoms with Gasteiger partial charge in [-0.2, -0.15) is 0 Å². The highest BCUT2D eigenvalue weighted by Crippen LogP contribution is 2.29. The number of amides is 1. The third kappa shape index (κ3) is 4.61. The van der Waals surface area contributed by atoms with Crippen LogP contribution in [0.3, 0.4) is 0 Å². The second-order valence-electron chi connectivity index (χ2n) is 8.21. The van der Waals surface area contributed by atoms with Crippen molar-refractivity contribution in [3.63, 3.8) is 0 Å². The Morgan fingerprint density at radius 2 is 1.94 bits per heavy atom. The van der Waals surface area contributed by atoms with Gasteiger partial charge in [0, 0.05) is 55.5 Å². The predicted octanol–water partition coefficient (Wildman–Crippen LogP) is 4.21. The molecule has 0 unspecified atom stereocenters. The lowest BCUT2D eigenvalue weighted by atomic mass is 9.93. The van der Waals surface area contributed by atoms with Crippen LogP contribution < -0.4 is 9.47 Å². The second-order valence-corrected chi connectivity index (χ2v) is 8.21. The molecule has 0 radical (unpaired) electrons.